The number of rotatable bonds is 13. The molecule has 0 aliphatic carbocycles. The lowest BCUT2D eigenvalue weighted by molar-refractivity contribution is 1.02. The molecule has 0 saturated heterocycles. The van der Waals surface area contributed by atoms with E-state index in [1.807, 2.05) is 0 Å². The van der Waals surface area contributed by atoms with Gasteiger partial charge < -0.3 is 0 Å². The normalized spacial score (nSPS) is 12.1. The lowest BCUT2D eigenvalue weighted by atomic mass is 10.0. The van der Waals surface area contributed by atoms with Gasteiger partial charge in [0, 0.05) is 0 Å². The maximum atomic E-state index is 2.61. The van der Waals surface area contributed by atoms with Crippen LogP contribution in [-0.4, -0.2) is 22.6 Å². The zero-order chi connectivity index (χ0) is 38.5. The molecule has 54 heavy (non-hydrogen) atoms. The minimum atomic E-state index is -0.872. The van der Waals surface area contributed by atoms with Crippen molar-refractivity contribution in [2.75, 3.05) is 0 Å². The summed E-state index contributed by atoms with van der Waals surface area (Å²) in [6.45, 7) is 24.5. The van der Waals surface area contributed by atoms with Gasteiger partial charge in [0.2, 0.25) is 0 Å². The quantitative estimate of drug-likeness (QED) is 0.102. The third-order valence-corrected chi connectivity index (χ3v) is 21.2. The molecule has 278 valence electrons. The van der Waals surface area contributed by atoms with Gasteiger partial charge in [-0.1, -0.05) is 217 Å². The summed E-state index contributed by atoms with van der Waals surface area (Å²) in [5.74, 6) is 0. The highest BCUT2D eigenvalue weighted by molar-refractivity contribution is 7.81. The van der Waals surface area contributed by atoms with Crippen LogP contribution in [0.15, 0.2) is 146 Å². The van der Waals surface area contributed by atoms with Gasteiger partial charge in [0.1, 0.15) is 0 Å². The van der Waals surface area contributed by atoms with E-state index in [1.165, 1.54) is 54.1 Å². The van der Waals surface area contributed by atoms with Crippen LogP contribution in [0.4, 0.5) is 0 Å². The van der Waals surface area contributed by atoms with E-state index in [0.29, 0.717) is 22.6 Å². The highest BCUT2D eigenvalue weighted by Crippen LogP contribution is 2.53. The minimum absolute atomic E-state index is 0.499. The summed E-state index contributed by atoms with van der Waals surface area (Å²) in [7, 11) is -2.74. The first-order valence-corrected chi connectivity index (χ1v) is 25.3. The van der Waals surface area contributed by atoms with Crippen LogP contribution in [0.3, 0.4) is 0 Å². The van der Waals surface area contributed by atoms with Crippen LogP contribution in [0.25, 0.3) is 11.1 Å². The molecule has 6 aromatic rings. The Bertz CT molecular complexity index is 1860. The smallest absolute Gasteiger partial charge is 0.000982 e. The Labute approximate surface area is 332 Å². The van der Waals surface area contributed by atoms with E-state index in [-0.39, 0.29) is 0 Å². The van der Waals surface area contributed by atoms with Crippen molar-refractivity contribution in [3.05, 3.63) is 157 Å². The molecule has 0 aromatic heterocycles. The van der Waals surface area contributed by atoms with Crippen LogP contribution in [0.5, 0.6) is 0 Å². The molecular weight excluding hydrogens is 724 g/mol. The molecule has 0 saturated carbocycles. The summed E-state index contributed by atoms with van der Waals surface area (Å²) in [6, 6.07) is 56.0. The molecule has 0 N–H and O–H groups in total. The third kappa shape index (κ3) is 8.86. The van der Waals surface area contributed by atoms with Crippen molar-refractivity contribution in [1.82, 2.24) is 0 Å². The minimum Gasteiger partial charge on any atom is -0.0694 e. The molecule has 0 atom stereocenters. The van der Waals surface area contributed by atoms with E-state index in [2.05, 4.69) is 215 Å². The van der Waals surface area contributed by atoms with Crippen molar-refractivity contribution in [2.45, 2.75) is 91.9 Å². The van der Waals surface area contributed by atoms with Crippen LogP contribution in [0.1, 0.15) is 66.5 Å². The SMILES string of the molecule is Cc1cc(P(c2ccccc2)c2ccccc2)c(-c2c(P(c3ccccc3)c3ccccc3)cc(C)cc2P(C(C)C)C(C)C)c(P(C(C)C)C(C)C)c1. The molecule has 0 spiro atoms. The number of hydrogen-bond donors (Lipinski definition) is 0. The van der Waals surface area contributed by atoms with Gasteiger partial charge in [-0.15, -0.1) is 0 Å². The van der Waals surface area contributed by atoms with Gasteiger partial charge >= 0.3 is 0 Å². The van der Waals surface area contributed by atoms with Crippen LogP contribution >= 0.6 is 31.7 Å². The molecule has 6 aromatic carbocycles. The molecule has 6 rings (SSSR count). The van der Waals surface area contributed by atoms with Crippen molar-refractivity contribution < 1.29 is 0 Å². The fraction of sp³-hybridized carbons (Fsp3) is 0.280. The maximum absolute atomic E-state index is 2.61. The Morgan fingerprint density at radius 1 is 0.315 bits per heavy atom. The van der Waals surface area contributed by atoms with Crippen molar-refractivity contribution in [1.29, 1.82) is 0 Å². The Balaban J connectivity index is 1.89. The standard InChI is InChI=1S/C50H58P4/c1-35(2)51(36(3)4)45-31-39(9)33-47(53(41-23-15-11-16-24-41)42-25-17-12-18-26-42)49(45)50-46(52(37(5)6)38(7)8)32-40(10)34-48(50)54(43-27-19-13-20-28-43)44-29-21-14-22-30-44/h11-38H,1-10H3. The molecule has 0 amide bonds. The first kappa shape index (κ1) is 40.7. The Morgan fingerprint density at radius 3 is 0.759 bits per heavy atom. The van der Waals surface area contributed by atoms with Crippen LogP contribution in [-0.2, 0) is 0 Å². The maximum Gasteiger partial charge on any atom is -0.000982 e. The second-order valence-corrected chi connectivity index (χ2v) is 26.7. The van der Waals surface area contributed by atoms with Gasteiger partial charge in [-0.25, -0.2) is 0 Å². The molecule has 0 fully saturated rings. The molecule has 4 heteroatoms. The fourth-order valence-electron chi connectivity index (χ4n) is 8.24. The Kier molecular flexibility index (Phi) is 13.8. The Morgan fingerprint density at radius 2 is 0.537 bits per heavy atom. The summed E-state index contributed by atoms with van der Waals surface area (Å²) in [6.07, 6.45) is 0. The number of benzene rings is 6. The second kappa shape index (κ2) is 18.3. The zero-order valence-electron chi connectivity index (χ0n) is 34.0. The number of aryl methyl sites for hydroxylation is 2. The molecule has 0 nitrogen and oxygen atoms in total. The second-order valence-electron chi connectivity index (χ2n) is 15.6. The summed E-state index contributed by atoms with van der Waals surface area (Å²) in [5.41, 5.74) is 8.00. The predicted molar refractivity (Wildman–Crippen MR) is 252 cm³/mol. The summed E-state index contributed by atoms with van der Waals surface area (Å²) < 4.78 is 0. The number of hydrogen-bond acceptors (Lipinski definition) is 0. The molecular formula is C50H58P4. The largest absolute Gasteiger partial charge is 0.0694 e. The monoisotopic (exact) mass is 782 g/mol. The van der Waals surface area contributed by atoms with Crippen molar-refractivity contribution in [3.8, 4) is 11.1 Å². The van der Waals surface area contributed by atoms with Crippen molar-refractivity contribution >= 4 is 74.1 Å². The van der Waals surface area contributed by atoms with Gasteiger partial charge in [0.05, 0.1) is 0 Å². The van der Waals surface area contributed by atoms with E-state index < -0.39 is 31.7 Å². The average Bonchev–Trinajstić information content (AvgIpc) is 3.14. The van der Waals surface area contributed by atoms with Gasteiger partial charge in [-0.3, -0.25) is 0 Å². The topological polar surface area (TPSA) is 0 Å². The predicted octanol–water partition coefficient (Wildman–Crippen LogP) is 11.3. The van der Waals surface area contributed by atoms with Crippen molar-refractivity contribution in [2.24, 2.45) is 0 Å². The molecule has 0 bridgehead atoms. The third-order valence-electron chi connectivity index (χ3n) is 10.1. The van der Waals surface area contributed by atoms with Crippen LogP contribution < -0.4 is 42.4 Å². The molecule has 0 aliphatic rings. The molecule has 0 heterocycles. The highest BCUT2D eigenvalue weighted by atomic mass is 31.1. The van der Waals surface area contributed by atoms with Gasteiger partial charge in [0.15, 0.2) is 0 Å². The van der Waals surface area contributed by atoms with Gasteiger partial charge in [-0.05, 0) is 117 Å². The van der Waals surface area contributed by atoms with Crippen LogP contribution in [0, 0.1) is 13.8 Å². The lowest BCUT2D eigenvalue weighted by Crippen LogP contribution is -2.35. The van der Waals surface area contributed by atoms with E-state index >= 15 is 0 Å². The van der Waals surface area contributed by atoms with Gasteiger partial charge in [0.25, 0.3) is 0 Å². The lowest BCUT2D eigenvalue weighted by Gasteiger charge is -2.37. The van der Waals surface area contributed by atoms with E-state index in [9.17, 15) is 0 Å². The molecule has 0 aliphatic heterocycles. The Hall–Kier alpha value is -2.96. The van der Waals surface area contributed by atoms with E-state index in [4.69, 9.17) is 0 Å². The first-order valence-electron chi connectivity index (χ1n) is 19.6. The molecule has 0 unspecified atom stereocenters. The van der Waals surface area contributed by atoms with Crippen LogP contribution in [0.2, 0.25) is 0 Å². The molecule has 0 radical (unpaired) electrons. The summed E-state index contributed by atoms with van der Waals surface area (Å²) >= 11 is 0. The highest BCUT2D eigenvalue weighted by Gasteiger charge is 2.35. The van der Waals surface area contributed by atoms with Crippen molar-refractivity contribution in [3.63, 3.8) is 0 Å². The fourth-order valence-corrected chi connectivity index (χ4v) is 19.9. The summed E-state index contributed by atoms with van der Waals surface area (Å²) in [4.78, 5) is 0. The average molecular weight is 783 g/mol. The van der Waals surface area contributed by atoms with E-state index in [0.717, 1.165) is 0 Å². The zero-order valence-corrected chi connectivity index (χ0v) is 37.5. The summed E-state index contributed by atoms with van der Waals surface area (Å²) in [5, 5.41) is 11.8. The van der Waals surface area contributed by atoms with Gasteiger partial charge in [-0.2, -0.15) is 0 Å². The van der Waals surface area contributed by atoms with E-state index in [1.54, 1.807) is 10.6 Å². The first-order chi connectivity index (χ1) is 26.0.